The highest BCUT2D eigenvalue weighted by molar-refractivity contribution is 5.41. The number of benzene rings is 1. The molecule has 1 nitrogen and oxygen atoms in total. The van der Waals surface area contributed by atoms with Gasteiger partial charge in [-0.15, -0.1) is 0 Å². The predicted octanol–water partition coefficient (Wildman–Crippen LogP) is 6.21. The molecule has 0 spiro atoms. The molecule has 1 aromatic carbocycles. The molecule has 0 aliphatic carbocycles. The van der Waals surface area contributed by atoms with E-state index in [1.807, 2.05) is 6.92 Å². The topological polar surface area (TPSA) is 19.9 Å². The van der Waals surface area contributed by atoms with Crippen LogP contribution < -0.4 is 0 Å². The van der Waals surface area contributed by atoms with Gasteiger partial charge in [0.15, 0.2) is 0 Å². The summed E-state index contributed by atoms with van der Waals surface area (Å²) in [6.07, 6.45) is 9.92. The molecular weight excluding hydrogens is 256 g/mol. The summed E-state index contributed by atoms with van der Waals surface area (Å²) in [6, 6.07) is 4.65. The largest absolute Gasteiger partial charge is 0.228 e. The summed E-state index contributed by atoms with van der Waals surface area (Å²) in [4.78, 5) is 0. The van der Waals surface area contributed by atoms with Crippen LogP contribution in [0.1, 0.15) is 94.6 Å². The SMILES string of the molecule is CCCCc1cc(CCCC)c(C(C)[O])c(CCCC)c1. The molecule has 0 N–H and O–H groups in total. The van der Waals surface area contributed by atoms with Gasteiger partial charge in [0, 0.05) is 0 Å². The molecule has 0 fully saturated rings. The molecule has 21 heavy (non-hydrogen) atoms. The maximum absolute atomic E-state index is 12.2. The van der Waals surface area contributed by atoms with E-state index >= 15 is 0 Å². The summed E-state index contributed by atoms with van der Waals surface area (Å²) in [5.74, 6) is 0. The molecule has 1 rings (SSSR count). The van der Waals surface area contributed by atoms with Gasteiger partial charge >= 0.3 is 0 Å². The summed E-state index contributed by atoms with van der Waals surface area (Å²) in [5, 5.41) is 12.2. The molecule has 0 aliphatic heterocycles. The van der Waals surface area contributed by atoms with Gasteiger partial charge in [-0.3, -0.25) is 0 Å². The van der Waals surface area contributed by atoms with Crippen LogP contribution in [0.5, 0.6) is 0 Å². The Hall–Kier alpha value is -0.820. The van der Waals surface area contributed by atoms with Gasteiger partial charge in [-0.1, -0.05) is 52.2 Å². The van der Waals surface area contributed by atoms with Crippen molar-refractivity contribution in [1.82, 2.24) is 0 Å². The van der Waals surface area contributed by atoms with Crippen molar-refractivity contribution in [3.8, 4) is 0 Å². The molecule has 1 heteroatoms. The Bertz CT molecular complexity index is 377. The fraction of sp³-hybridized carbons (Fsp3) is 0.700. The van der Waals surface area contributed by atoms with Crippen LogP contribution in [0.4, 0.5) is 0 Å². The highest BCUT2D eigenvalue weighted by atomic mass is 16.3. The van der Waals surface area contributed by atoms with E-state index in [0.717, 1.165) is 24.8 Å². The monoisotopic (exact) mass is 289 g/mol. The molecule has 1 radical (unpaired) electrons. The van der Waals surface area contributed by atoms with Crippen molar-refractivity contribution in [2.24, 2.45) is 0 Å². The molecule has 1 unspecified atom stereocenters. The Kier molecular flexibility index (Phi) is 8.68. The minimum atomic E-state index is -0.594. The average Bonchev–Trinajstić information content (AvgIpc) is 2.47. The minimum absolute atomic E-state index is 0.594. The van der Waals surface area contributed by atoms with E-state index in [0.29, 0.717) is 0 Å². The van der Waals surface area contributed by atoms with Crippen LogP contribution >= 0.6 is 0 Å². The van der Waals surface area contributed by atoms with Gasteiger partial charge in [0.1, 0.15) is 6.10 Å². The summed E-state index contributed by atoms with van der Waals surface area (Å²) >= 11 is 0. The standard InChI is InChI=1S/C20H33O/c1-5-8-11-17-14-18(12-9-6-2)20(16(4)21)19(15-17)13-10-7-3/h14-16H,5-13H2,1-4H3. The second-order valence-electron chi connectivity index (χ2n) is 6.28. The number of aryl methyl sites for hydroxylation is 3. The Labute approximate surface area is 131 Å². The lowest BCUT2D eigenvalue weighted by atomic mass is 9.88. The Morgan fingerprint density at radius 2 is 1.24 bits per heavy atom. The second kappa shape index (κ2) is 10.00. The lowest BCUT2D eigenvalue weighted by Crippen LogP contribution is -2.06. The Morgan fingerprint density at radius 3 is 1.62 bits per heavy atom. The predicted molar refractivity (Wildman–Crippen MR) is 91.4 cm³/mol. The van der Waals surface area contributed by atoms with E-state index in [-0.39, 0.29) is 0 Å². The Morgan fingerprint density at radius 1 is 0.810 bits per heavy atom. The number of unbranched alkanes of at least 4 members (excludes halogenated alkanes) is 3. The molecule has 0 saturated heterocycles. The maximum Gasteiger partial charge on any atom is 0.116 e. The maximum atomic E-state index is 12.2. The highest BCUT2D eigenvalue weighted by Gasteiger charge is 2.15. The van der Waals surface area contributed by atoms with Crippen LogP contribution in [0.25, 0.3) is 0 Å². The van der Waals surface area contributed by atoms with Gasteiger partial charge in [0.25, 0.3) is 0 Å². The van der Waals surface area contributed by atoms with Crippen molar-refractivity contribution in [3.63, 3.8) is 0 Å². The first-order valence-corrected chi connectivity index (χ1v) is 8.94. The third-order valence-electron chi connectivity index (χ3n) is 4.24. The van der Waals surface area contributed by atoms with Gasteiger partial charge in [-0.05, 0) is 67.7 Å². The van der Waals surface area contributed by atoms with Crippen molar-refractivity contribution in [3.05, 3.63) is 34.4 Å². The van der Waals surface area contributed by atoms with E-state index in [9.17, 15) is 5.11 Å². The van der Waals surface area contributed by atoms with Crippen LogP contribution in [0.3, 0.4) is 0 Å². The third-order valence-corrected chi connectivity index (χ3v) is 4.24. The first kappa shape index (κ1) is 18.2. The van der Waals surface area contributed by atoms with Crippen molar-refractivity contribution in [2.75, 3.05) is 0 Å². The van der Waals surface area contributed by atoms with E-state index in [2.05, 4.69) is 32.9 Å². The highest BCUT2D eigenvalue weighted by Crippen LogP contribution is 2.28. The number of hydrogen-bond acceptors (Lipinski definition) is 0. The number of rotatable bonds is 10. The van der Waals surface area contributed by atoms with E-state index in [4.69, 9.17) is 0 Å². The molecule has 0 aliphatic rings. The third kappa shape index (κ3) is 5.82. The fourth-order valence-corrected chi connectivity index (χ4v) is 3.05. The summed E-state index contributed by atoms with van der Waals surface area (Å²) in [6.45, 7) is 8.49. The molecule has 0 amide bonds. The van der Waals surface area contributed by atoms with Gasteiger partial charge in [-0.25, -0.2) is 5.11 Å². The molecule has 0 aromatic heterocycles. The van der Waals surface area contributed by atoms with Gasteiger partial charge < -0.3 is 0 Å². The molecule has 0 bridgehead atoms. The van der Waals surface area contributed by atoms with Gasteiger partial charge in [0.2, 0.25) is 0 Å². The average molecular weight is 289 g/mol. The van der Waals surface area contributed by atoms with Crippen LogP contribution in [0.2, 0.25) is 0 Å². The summed E-state index contributed by atoms with van der Waals surface area (Å²) in [5.41, 5.74) is 5.22. The molecule has 1 aromatic rings. The van der Waals surface area contributed by atoms with Crippen molar-refractivity contribution < 1.29 is 5.11 Å². The quantitative estimate of drug-likeness (QED) is 0.488. The first-order valence-electron chi connectivity index (χ1n) is 8.94. The number of hydrogen-bond donors (Lipinski definition) is 0. The van der Waals surface area contributed by atoms with Crippen molar-refractivity contribution >= 4 is 0 Å². The smallest absolute Gasteiger partial charge is 0.116 e. The lowest BCUT2D eigenvalue weighted by molar-refractivity contribution is 0.104. The van der Waals surface area contributed by atoms with Crippen LogP contribution in [0, 0.1) is 0 Å². The zero-order valence-electron chi connectivity index (χ0n) is 14.5. The molecule has 119 valence electrons. The normalized spacial score (nSPS) is 12.6. The van der Waals surface area contributed by atoms with E-state index in [1.165, 1.54) is 55.2 Å². The first-order chi connectivity index (χ1) is 10.1. The lowest BCUT2D eigenvalue weighted by Gasteiger charge is -2.18. The molecular formula is C20H33O. The minimum Gasteiger partial charge on any atom is -0.228 e. The molecule has 0 heterocycles. The van der Waals surface area contributed by atoms with Crippen molar-refractivity contribution in [2.45, 2.75) is 91.6 Å². The summed E-state index contributed by atoms with van der Waals surface area (Å²) < 4.78 is 0. The van der Waals surface area contributed by atoms with Crippen LogP contribution in [0.15, 0.2) is 12.1 Å². The van der Waals surface area contributed by atoms with Crippen molar-refractivity contribution in [1.29, 1.82) is 0 Å². The summed E-state index contributed by atoms with van der Waals surface area (Å²) in [7, 11) is 0. The van der Waals surface area contributed by atoms with Gasteiger partial charge in [0.05, 0.1) is 0 Å². The zero-order valence-corrected chi connectivity index (χ0v) is 14.5. The van der Waals surface area contributed by atoms with E-state index < -0.39 is 6.10 Å². The zero-order chi connectivity index (χ0) is 15.7. The van der Waals surface area contributed by atoms with E-state index in [1.54, 1.807) is 0 Å². The van der Waals surface area contributed by atoms with Crippen LogP contribution in [-0.4, -0.2) is 0 Å². The molecule has 1 atom stereocenters. The van der Waals surface area contributed by atoms with Gasteiger partial charge in [-0.2, -0.15) is 0 Å². The second-order valence-corrected chi connectivity index (χ2v) is 6.28. The van der Waals surface area contributed by atoms with Crippen LogP contribution in [-0.2, 0) is 24.4 Å². The molecule has 0 saturated carbocycles. The fourth-order valence-electron chi connectivity index (χ4n) is 3.05. The Balaban J connectivity index is 3.14.